The van der Waals surface area contributed by atoms with Crippen molar-refractivity contribution in [2.75, 3.05) is 5.75 Å². The first-order valence-electron chi connectivity index (χ1n) is 14.1. The first-order valence-corrected chi connectivity index (χ1v) is 15.1. The third-order valence-electron chi connectivity index (χ3n) is 7.55. The summed E-state index contributed by atoms with van der Waals surface area (Å²) in [6.45, 7) is 3.70. The van der Waals surface area contributed by atoms with Crippen molar-refractivity contribution in [2.24, 2.45) is 5.41 Å². The van der Waals surface area contributed by atoms with Crippen LogP contribution in [0.15, 0.2) is 78.9 Å². The standard InChI is InChI=1S/C29H28ClNO.C6H10O2S/c1-29(2,32)27-12-4-3-10-23(27)11-6-9-21-7-5-8-22(19-21)13-17-26-18-15-24-14-16-25(30)20-28(24)31-26;7-5(8)3-6(4-9)1-2-6/h3-5,7-8,10,12-20,32H,6,9,11H2,1-2H3;9H,1-4H2,(H,7,8)/p+1/b17-13+;. The molecule has 0 unspecified atom stereocenters. The molecule has 1 fully saturated rings. The van der Waals surface area contributed by atoms with Crippen LogP contribution in [0.2, 0.25) is 5.02 Å². The molecule has 4 nitrogen and oxygen atoms in total. The number of fused-ring (bicyclic) bond motifs is 1. The monoisotopic (exact) mass is 588 g/mol. The van der Waals surface area contributed by atoms with Crippen molar-refractivity contribution in [3.05, 3.63) is 112 Å². The second-order valence-corrected chi connectivity index (χ2v) is 12.3. The van der Waals surface area contributed by atoms with Gasteiger partial charge in [-0.05, 0) is 104 Å². The summed E-state index contributed by atoms with van der Waals surface area (Å²) in [7, 11) is 0. The van der Waals surface area contributed by atoms with Gasteiger partial charge in [-0.15, -0.1) is 0 Å². The minimum atomic E-state index is -0.813. The molecule has 1 aliphatic rings. The Morgan fingerprint density at radius 2 is 1.76 bits per heavy atom. The molecule has 1 heterocycles. The van der Waals surface area contributed by atoms with Crippen LogP contribution in [-0.2, 0) is 23.2 Å². The summed E-state index contributed by atoms with van der Waals surface area (Å²) in [5, 5.41) is 20.7. The van der Waals surface area contributed by atoms with E-state index in [9.17, 15) is 9.90 Å². The second kappa shape index (κ2) is 13.7. The minimum Gasteiger partial charge on any atom is -0.481 e. The van der Waals surface area contributed by atoms with Gasteiger partial charge in [0.15, 0.2) is 0 Å². The van der Waals surface area contributed by atoms with Gasteiger partial charge in [-0.25, -0.2) is 4.98 Å². The lowest BCUT2D eigenvalue weighted by molar-refractivity contribution is -0.347. The predicted molar refractivity (Wildman–Crippen MR) is 172 cm³/mol. The molecule has 3 aromatic carbocycles. The highest BCUT2D eigenvalue weighted by Crippen LogP contribution is 2.49. The molecule has 0 atom stereocenters. The van der Waals surface area contributed by atoms with Crippen molar-refractivity contribution >= 4 is 53.3 Å². The summed E-state index contributed by atoms with van der Waals surface area (Å²) in [5.74, 6) is 0.0285. The normalized spacial score (nSPS) is 14.1. The van der Waals surface area contributed by atoms with Crippen molar-refractivity contribution in [3.8, 4) is 0 Å². The maximum absolute atomic E-state index is 10.4. The van der Waals surface area contributed by atoms with Crippen LogP contribution in [0, 0.1) is 5.41 Å². The molecular weight excluding hydrogens is 550 g/mol. The summed E-state index contributed by atoms with van der Waals surface area (Å²) in [6, 6.07) is 26.9. The van der Waals surface area contributed by atoms with Gasteiger partial charge in [0.1, 0.15) is 0 Å². The largest absolute Gasteiger partial charge is 0.481 e. The number of aliphatic carboxylic acids is 1. The van der Waals surface area contributed by atoms with E-state index in [0.717, 1.165) is 65.0 Å². The summed E-state index contributed by atoms with van der Waals surface area (Å²) in [4.78, 5) is 13.6. The fourth-order valence-electron chi connectivity index (χ4n) is 5.00. The summed E-state index contributed by atoms with van der Waals surface area (Å²) in [5.41, 5.74) is 6.07. The minimum absolute atomic E-state index is 0.0783. The van der Waals surface area contributed by atoms with Gasteiger partial charge >= 0.3 is 5.97 Å². The number of hydrogen-bond donors (Lipinski definition) is 3. The fraction of sp³-hybridized carbons (Fsp3) is 0.314. The van der Waals surface area contributed by atoms with E-state index in [2.05, 4.69) is 72.2 Å². The number of benzene rings is 3. The summed E-state index contributed by atoms with van der Waals surface area (Å²) < 4.78 is 0. The number of rotatable bonds is 10. The molecule has 5 rings (SSSR count). The number of nitrogens with one attached hydrogen (secondary N) is 1. The van der Waals surface area contributed by atoms with Gasteiger partial charge in [0, 0.05) is 28.6 Å². The quantitative estimate of drug-likeness (QED) is 0.164. The lowest BCUT2D eigenvalue weighted by Crippen LogP contribution is -2.18. The summed E-state index contributed by atoms with van der Waals surface area (Å²) >= 11 is 10.2. The molecule has 1 saturated carbocycles. The number of carboxylic acids is 1. The van der Waals surface area contributed by atoms with E-state index in [1.165, 1.54) is 16.7 Å². The van der Waals surface area contributed by atoms with Gasteiger partial charge in [0.2, 0.25) is 11.2 Å². The lowest BCUT2D eigenvalue weighted by Gasteiger charge is -2.21. The Balaban J connectivity index is 0.000000367. The molecule has 0 bridgehead atoms. The molecule has 0 aliphatic heterocycles. The Bertz CT molecular complexity index is 1520. The predicted octanol–water partition coefficient (Wildman–Crippen LogP) is 8.05. The topological polar surface area (TPSA) is 71.7 Å². The highest BCUT2D eigenvalue weighted by molar-refractivity contribution is 7.80. The molecule has 214 valence electrons. The van der Waals surface area contributed by atoms with Gasteiger partial charge in [-0.2, -0.15) is 12.6 Å². The van der Waals surface area contributed by atoms with E-state index in [-0.39, 0.29) is 5.41 Å². The summed E-state index contributed by atoms with van der Waals surface area (Å²) in [6.07, 6.45) is 9.62. The molecule has 0 radical (unpaired) electrons. The number of carbonyl (C=O) groups is 1. The Morgan fingerprint density at radius 1 is 1.00 bits per heavy atom. The first-order chi connectivity index (χ1) is 19.6. The van der Waals surface area contributed by atoms with Crippen LogP contribution in [0.4, 0.5) is 0 Å². The molecule has 6 heteroatoms. The molecule has 0 saturated heterocycles. The third kappa shape index (κ3) is 9.19. The average molecular weight is 589 g/mol. The highest BCUT2D eigenvalue weighted by Gasteiger charge is 2.42. The molecule has 41 heavy (non-hydrogen) atoms. The van der Waals surface area contributed by atoms with Gasteiger partial charge in [-0.1, -0.05) is 60.1 Å². The zero-order valence-corrected chi connectivity index (χ0v) is 25.4. The van der Waals surface area contributed by atoms with E-state index in [1.807, 2.05) is 50.2 Å². The maximum Gasteiger partial charge on any atom is 0.303 e. The molecule has 1 aliphatic carbocycles. The van der Waals surface area contributed by atoms with Crippen molar-refractivity contribution in [3.63, 3.8) is 0 Å². The SMILES string of the molecule is CC(C)(O)c1ccccc1CCCc1cccc(/C=C/c2ccc3ccc(Cl)cc3[nH+]2)c1.O=C(O)CC1(CS)CC1. The van der Waals surface area contributed by atoms with Crippen molar-refractivity contribution < 1.29 is 20.0 Å². The number of H-pyrrole nitrogens is 1. The average Bonchev–Trinajstić information content (AvgIpc) is 3.71. The van der Waals surface area contributed by atoms with Crippen LogP contribution in [0.25, 0.3) is 23.1 Å². The van der Waals surface area contributed by atoms with Gasteiger partial charge in [0.05, 0.1) is 12.0 Å². The van der Waals surface area contributed by atoms with Crippen molar-refractivity contribution in [1.82, 2.24) is 0 Å². The van der Waals surface area contributed by atoms with Crippen LogP contribution in [0.1, 0.15) is 67.5 Å². The zero-order chi connectivity index (χ0) is 29.5. The van der Waals surface area contributed by atoms with E-state index >= 15 is 0 Å². The van der Waals surface area contributed by atoms with E-state index in [4.69, 9.17) is 16.7 Å². The van der Waals surface area contributed by atoms with E-state index in [0.29, 0.717) is 6.42 Å². The number of aryl methyl sites for hydroxylation is 2. The smallest absolute Gasteiger partial charge is 0.303 e. The van der Waals surface area contributed by atoms with Gasteiger partial charge in [0.25, 0.3) is 0 Å². The Hall–Kier alpha value is -3.12. The van der Waals surface area contributed by atoms with Crippen LogP contribution in [0.3, 0.4) is 0 Å². The molecule has 3 N–H and O–H groups in total. The Morgan fingerprint density at radius 3 is 2.44 bits per heavy atom. The van der Waals surface area contributed by atoms with Crippen LogP contribution in [0.5, 0.6) is 0 Å². The van der Waals surface area contributed by atoms with E-state index in [1.54, 1.807) is 0 Å². The number of pyridine rings is 1. The maximum atomic E-state index is 10.4. The first kappa shape index (κ1) is 30.8. The number of halogens is 1. The van der Waals surface area contributed by atoms with Crippen LogP contribution < -0.4 is 4.98 Å². The van der Waals surface area contributed by atoms with Crippen molar-refractivity contribution in [2.45, 2.75) is 58.0 Å². The third-order valence-corrected chi connectivity index (χ3v) is 8.46. The number of aromatic nitrogens is 1. The van der Waals surface area contributed by atoms with Crippen LogP contribution in [-0.4, -0.2) is 21.9 Å². The number of carboxylic acid groups (broad SMARTS) is 1. The lowest BCUT2D eigenvalue weighted by atomic mass is 9.90. The van der Waals surface area contributed by atoms with E-state index < -0.39 is 11.6 Å². The van der Waals surface area contributed by atoms with Gasteiger partial charge in [-0.3, -0.25) is 4.79 Å². The molecule has 1 aromatic heterocycles. The zero-order valence-electron chi connectivity index (χ0n) is 23.7. The highest BCUT2D eigenvalue weighted by atomic mass is 35.5. The van der Waals surface area contributed by atoms with Crippen molar-refractivity contribution in [1.29, 1.82) is 0 Å². The molecule has 4 aromatic rings. The molecule has 0 amide bonds. The van der Waals surface area contributed by atoms with Gasteiger partial charge < -0.3 is 10.2 Å². The second-order valence-electron chi connectivity index (χ2n) is 11.5. The Labute approximate surface area is 253 Å². The Kier molecular flexibility index (Phi) is 10.3. The number of aromatic amines is 1. The number of aliphatic hydroxyl groups is 1. The fourth-order valence-corrected chi connectivity index (χ4v) is 5.60. The number of thiol groups is 1. The molecular formula is C35H39ClNO3S+. The number of hydrogen-bond acceptors (Lipinski definition) is 3. The molecule has 0 spiro atoms. The van der Waals surface area contributed by atoms with Crippen LogP contribution >= 0.6 is 24.2 Å².